The van der Waals surface area contributed by atoms with E-state index in [1.165, 1.54) is 6.42 Å². The van der Waals surface area contributed by atoms with Crippen molar-refractivity contribution in [3.05, 3.63) is 18.0 Å². The Hall–Kier alpha value is -0.830. The third kappa shape index (κ3) is 2.71. The van der Waals surface area contributed by atoms with Gasteiger partial charge in [-0.05, 0) is 37.2 Å². The van der Waals surface area contributed by atoms with E-state index in [0.717, 1.165) is 31.4 Å². The van der Waals surface area contributed by atoms with Gasteiger partial charge >= 0.3 is 0 Å². The van der Waals surface area contributed by atoms with Crippen LogP contribution in [0.25, 0.3) is 0 Å². The summed E-state index contributed by atoms with van der Waals surface area (Å²) < 4.78 is 1.93. The Morgan fingerprint density at radius 3 is 2.88 bits per heavy atom. The van der Waals surface area contributed by atoms with E-state index in [9.17, 15) is 5.11 Å². The van der Waals surface area contributed by atoms with Crippen LogP contribution in [0.15, 0.2) is 12.4 Å². The van der Waals surface area contributed by atoms with Gasteiger partial charge in [0.2, 0.25) is 0 Å². The lowest BCUT2D eigenvalue weighted by atomic mass is 9.70. The highest BCUT2D eigenvalue weighted by molar-refractivity contribution is 5.10. The van der Waals surface area contributed by atoms with Crippen LogP contribution in [-0.4, -0.2) is 20.5 Å². The second kappa shape index (κ2) is 4.81. The van der Waals surface area contributed by atoms with Gasteiger partial charge in [-0.3, -0.25) is 4.68 Å². The van der Waals surface area contributed by atoms with Crippen molar-refractivity contribution < 1.29 is 5.11 Å². The molecule has 1 aliphatic rings. The van der Waals surface area contributed by atoms with Gasteiger partial charge in [-0.1, -0.05) is 20.3 Å². The minimum absolute atomic E-state index is 0.392. The molecule has 2 rings (SSSR count). The monoisotopic (exact) mass is 236 g/mol. The zero-order chi connectivity index (χ0) is 12.5. The molecule has 0 spiro atoms. The van der Waals surface area contributed by atoms with Crippen molar-refractivity contribution in [2.45, 2.75) is 58.6 Å². The number of aliphatic hydroxyl groups is 1. The third-order valence-electron chi connectivity index (χ3n) is 4.23. The van der Waals surface area contributed by atoms with Gasteiger partial charge in [0, 0.05) is 19.2 Å². The van der Waals surface area contributed by atoms with Crippen LogP contribution in [0.4, 0.5) is 0 Å². The average molecular weight is 236 g/mol. The Morgan fingerprint density at radius 2 is 2.24 bits per heavy atom. The maximum atomic E-state index is 10.8. The fourth-order valence-corrected chi connectivity index (χ4v) is 2.98. The molecule has 1 heterocycles. The number of nitrogens with zero attached hydrogens (tertiary/aromatic N) is 2. The van der Waals surface area contributed by atoms with E-state index in [-0.39, 0.29) is 0 Å². The van der Waals surface area contributed by atoms with Crippen LogP contribution in [0.5, 0.6) is 0 Å². The quantitative estimate of drug-likeness (QED) is 0.876. The number of rotatable bonds is 3. The minimum atomic E-state index is -0.529. The van der Waals surface area contributed by atoms with Crippen molar-refractivity contribution in [1.82, 2.24) is 9.78 Å². The number of hydrogen-bond donors (Lipinski definition) is 1. The lowest BCUT2D eigenvalue weighted by molar-refractivity contribution is -0.0560. The summed E-state index contributed by atoms with van der Waals surface area (Å²) in [6, 6.07) is 0. The molecule has 17 heavy (non-hydrogen) atoms. The SMILES string of the molecule is CCn1cc(CC2(O)CC(C)CCC2C)cn1. The lowest BCUT2D eigenvalue weighted by Crippen LogP contribution is -2.43. The van der Waals surface area contributed by atoms with E-state index >= 15 is 0 Å². The second-order valence-corrected chi connectivity index (χ2v) is 5.77. The minimum Gasteiger partial charge on any atom is -0.389 e. The first-order valence-electron chi connectivity index (χ1n) is 6.77. The standard InChI is InChI=1S/C14H24N2O/c1-4-16-10-13(9-15-16)8-14(17)7-11(2)5-6-12(14)3/h9-12,17H,4-8H2,1-3H3. The van der Waals surface area contributed by atoms with Crippen LogP contribution < -0.4 is 0 Å². The Labute approximate surface area is 104 Å². The van der Waals surface area contributed by atoms with Gasteiger partial charge in [-0.15, -0.1) is 0 Å². The molecule has 1 aromatic rings. The van der Waals surface area contributed by atoms with E-state index in [1.54, 1.807) is 0 Å². The van der Waals surface area contributed by atoms with Gasteiger partial charge in [0.05, 0.1) is 11.8 Å². The molecule has 1 saturated carbocycles. The zero-order valence-electron chi connectivity index (χ0n) is 11.2. The van der Waals surface area contributed by atoms with Crippen LogP contribution in [0.2, 0.25) is 0 Å². The normalized spacial score (nSPS) is 33.9. The number of aromatic nitrogens is 2. The smallest absolute Gasteiger partial charge is 0.0717 e. The lowest BCUT2D eigenvalue weighted by Gasteiger charge is -2.41. The Bertz CT molecular complexity index is 374. The topological polar surface area (TPSA) is 38.0 Å². The predicted molar refractivity (Wildman–Crippen MR) is 68.7 cm³/mol. The van der Waals surface area contributed by atoms with Crippen LogP contribution in [-0.2, 0) is 13.0 Å². The van der Waals surface area contributed by atoms with Crippen molar-refractivity contribution in [2.75, 3.05) is 0 Å². The third-order valence-corrected chi connectivity index (χ3v) is 4.23. The van der Waals surface area contributed by atoms with Crippen molar-refractivity contribution in [3.63, 3.8) is 0 Å². The Kier molecular flexibility index (Phi) is 3.57. The predicted octanol–water partition coefficient (Wildman–Crippen LogP) is 2.63. The van der Waals surface area contributed by atoms with E-state index < -0.39 is 5.60 Å². The molecule has 0 saturated heterocycles. The van der Waals surface area contributed by atoms with Crippen LogP contribution in [0, 0.1) is 11.8 Å². The van der Waals surface area contributed by atoms with Gasteiger partial charge in [0.1, 0.15) is 0 Å². The molecule has 1 aliphatic carbocycles. The first-order valence-corrected chi connectivity index (χ1v) is 6.77. The van der Waals surface area contributed by atoms with Crippen molar-refractivity contribution in [2.24, 2.45) is 11.8 Å². The van der Waals surface area contributed by atoms with E-state index in [2.05, 4.69) is 32.1 Å². The van der Waals surface area contributed by atoms with Crippen molar-refractivity contribution in [3.8, 4) is 0 Å². The van der Waals surface area contributed by atoms with Gasteiger partial charge in [-0.25, -0.2) is 0 Å². The summed E-state index contributed by atoms with van der Waals surface area (Å²) in [5.41, 5.74) is 0.634. The van der Waals surface area contributed by atoms with Crippen LogP contribution >= 0.6 is 0 Å². The molecule has 3 atom stereocenters. The molecule has 1 aromatic heterocycles. The molecule has 1 N–H and O–H groups in total. The van der Waals surface area contributed by atoms with Crippen molar-refractivity contribution in [1.29, 1.82) is 0 Å². The summed E-state index contributed by atoms with van der Waals surface area (Å²) in [7, 11) is 0. The maximum Gasteiger partial charge on any atom is 0.0717 e. The van der Waals surface area contributed by atoms with E-state index in [0.29, 0.717) is 11.8 Å². The fraction of sp³-hybridized carbons (Fsp3) is 0.786. The molecule has 3 unspecified atom stereocenters. The van der Waals surface area contributed by atoms with Crippen LogP contribution in [0.3, 0.4) is 0 Å². The average Bonchev–Trinajstić information content (AvgIpc) is 2.71. The van der Waals surface area contributed by atoms with E-state index in [1.807, 2.05) is 10.9 Å². The fourth-order valence-electron chi connectivity index (χ4n) is 2.98. The highest BCUT2D eigenvalue weighted by Gasteiger charge is 2.38. The molecule has 3 heteroatoms. The molecule has 0 amide bonds. The molecule has 3 nitrogen and oxygen atoms in total. The largest absolute Gasteiger partial charge is 0.389 e. The Balaban J connectivity index is 2.09. The summed E-state index contributed by atoms with van der Waals surface area (Å²) in [4.78, 5) is 0. The zero-order valence-corrected chi connectivity index (χ0v) is 11.2. The highest BCUT2D eigenvalue weighted by atomic mass is 16.3. The molecule has 96 valence electrons. The second-order valence-electron chi connectivity index (χ2n) is 5.77. The van der Waals surface area contributed by atoms with E-state index in [4.69, 9.17) is 0 Å². The Morgan fingerprint density at radius 1 is 1.47 bits per heavy atom. The number of aryl methyl sites for hydroxylation is 1. The molecule has 0 aliphatic heterocycles. The van der Waals surface area contributed by atoms with Gasteiger partial charge in [0.15, 0.2) is 0 Å². The highest BCUT2D eigenvalue weighted by Crippen LogP contribution is 2.38. The molecule has 0 radical (unpaired) electrons. The van der Waals surface area contributed by atoms with Gasteiger partial charge in [-0.2, -0.15) is 5.10 Å². The maximum absolute atomic E-state index is 10.8. The summed E-state index contributed by atoms with van der Waals surface area (Å²) >= 11 is 0. The molecule has 0 bridgehead atoms. The van der Waals surface area contributed by atoms with Crippen molar-refractivity contribution >= 4 is 0 Å². The molecule has 1 fully saturated rings. The number of hydrogen-bond acceptors (Lipinski definition) is 2. The molecule has 0 aromatic carbocycles. The molecular weight excluding hydrogens is 212 g/mol. The summed E-state index contributed by atoms with van der Waals surface area (Å²) in [6.45, 7) is 7.39. The summed E-state index contributed by atoms with van der Waals surface area (Å²) in [5.74, 6) is 1.03. The summed E-state index contributed by atoms with van der Waals surface area (Å²) in [5, 5.41) is 15.1. The van der Waals surface area contributed by atoms with Crippen LogP contribution in [0.1, 0.15) is 45.6 Å². The van der Waals surface area contributed by atoms with Gasteiger partial charge < -0.3 is 5.11 Å². The molecular formula is C14H24N2O. The first-order chi connectivity index (χ1) is 8.03. The van der Waals surface area contributed by atoms with Gasteiger partial charge in [0.25, 0.3) is 0 Å². The first kappa shape index (κ1) is 12.6. The summed E-state index contributed by atoms with van der Waals surface area (Å²) in [6.07, 6.45) is 8.01.